The van der Waals surface area contributed by atoms with E-state index in [0.717, 1.165) is 11.5 Å². The summed E-state index contributed by atoms with van der Waals surface area (Å²) in [5, 5.41) is 0.892. The van der Waals surface area contributed by atoms with Gasteiger partial charge in [0.05, 0.1) is 0 Å². The molecule has 15 heavy (non-hydrogen) atoms. The van der Waals surface area contributed by atoms with Crippen LogP contribution in [0.25, 0.3) is 0 Å². The summed E-state index contributed by atoms with van der Waals surface area (Å²) in [6, 6.07) is 0. The summed E-state index contributed by atoms with van der Waals surface area (Å²) in [5.41, 5.74) is 2.95. The first-order chi connectivity index (χ1) is 7.22. The molecule has 2 atom stereocenters. The molecule has 0 N–H and O–H groups in total. The van der Waals surface area contributed by atoms with Gasteiger partial charge in [-0.3, -0.25) is 0 Å². The van der Waals surface area contributed by atoms with Crippen molar-refractivity contribution in [2.24, 2.45) is 11.8 Å². The first kappa shape index (κ1) is 10.8. The molecule has 0 saturated heterocycles. The van der Waals surface area contributed by atoms with Crippen LogP contribution < -0.4 is 0 Å². The first-order valence-electron chi connectivity index (χ1n) is 5.61. The quantitative estimate of drug-likeness (QED) is 0.597. The van der Waals surface area contributed by atoms with Gasteiger partial charge in [-0.25, -0.2) is 0 Å². The van der Waals surface area contributed by atoms with E-state index >= 15 is 0 Å². The van der Waals surface area contributed by atoms with Crippen LogP contribution in [0.5, 0.6) is 0 Å². The van der Waals surface area contributed by atoms with Gasteiger partial charge in [-0.1, -0.05) is 36.8 Å². The predicted molar refractivity (Wildman–Crippen MR) is 66.8 cm³/mol. The monoisotopic (exact) mass is 220 g/mol. The molecule has 2 rings (SSSR count). The van der Waals surface area contributed by atoms with Crippen LogP contribution in [-0.4, -0.2) is 0 Å². The number of hydrogen-bond donors (Lipinski definition) is 0. The highest BCUT2D eigenvalue weighted by atomic mass is 35.5. The molecule has 0 aromatic carbocycles. The second-order valence-electron chi connectivity index (χ2n) is 4.39. The minimum absolute atomic E-state index is 0.569. The molecular weight excluding hydrogens is 204 g/mol. The van der Waals surface area contributed by atoms with Crippen molar-refractivity contribution in [1.29, 1.82) is 0 Å². The van der Waals surface area contributed by atoms with Crippen molar-refractivity contribution < 1.29 is 0 Å². The molecule has 2 aliphatic carbocycles. The zero-order valence-corrected chi connectivity index (χ0v) is 9.93. The lowest BCUT2D eigenvalue weighted by molar-refractivity contribution is 0.497. The molecule has 0 spiro atoms. The number of fused-ring (bicyclic) bond motifs is 1. The molecule has 1 saturated carbocycles. The predicted octanol–water partition coefficient (Wildman–Crippen LogP) is 4.60. The largest absolute Gasteiger partial charge is 0.103 e. The number of halogens is 1. The molecule has 0 aromatic heterocycles. The Labute approximate surface area is 97.0 Å². The SMILES string of the molecule is C=CC(C)[C@H]1CCC2=CC(Cl)=CCC=C21. The van der Waals surface area contributed by atoms with Gasteiger partial charge in [-0.2, -0.15) is 0 Å². The van der Waals surface area contributed by atoms with Crippen LogP contribution in [0.1, 0.15) is 26.2 Å². The van der Waals surface area contributed by atoms with Gasteiger partial charge in [0.25, 0.3) is 0 Å². The zero-order chi connectivity index (χ0) is 10.8. The van der Waals surface area contributed by atoms with Crippen LogP contribution in [-0.2, 0) is 0 Å². The summed E-state index contributed by atoms with van der Waals surface area (Å²) in [4.78, 5) is 0. The van der Waals surface area contributed by atoms with Crippen LogP contribution in [0, 0.1) is 11.8 Å². The molecule has 1 fully saturated rings. The lowest BCUT2D eigenvalue weighted by Gasteiger charge is -2.17. The van der Waals surface area contributed by atoms with Crippen molar-refractivity contribution in [2.45, 2.75) is 26.2 Å². The molecule has 0 nitrogen and oxygen atoms in total. The van der Waals surface area contributed by atoms with E-state index in [4.69, 9.17) is 11.6 Å². The van der Waals surface area contributed by atoms with Crippen LogP contribution in [0.2, 0.25) is 0 Å². The molecule has 0 aromatic rings. The zero-order valence-electron chi connectivity index (χ0n) is 9.17. The molecule has 0 radical (unpaired) electrons. The van der Waals surface area contributed by atoms with Crippen molar-refractivity contribution in [3.8, 4) is 0 Å². The summed E-state index contributed by atoms with van der Waals surface area (Å²) in [6.45, 7) is 6.15. The Balaban J connectivity index is 2.28. The Bertz CT molecular complexity index is 358. The summed E-state index contributed by atoms with van der Waals surface area (Å²) < 4.78 is 0. The minimum Gasteiger partial charge on any atom is -0.103 e. The van der Waals surface area contributed by atoms with E-state index in [0.29, 0.717) is 11.8 Å². The van der Waals surface area contributed by atoms with E-state index in [2.05, 4.69) is 37.8 Å². The van der Waals surface area contributed by atoms with Gasteiger partial charge >= 0.3 is 0 Å². The Morgan fingerprint density at radius 3 is 3.07 bits per heavy atom. The number of rotatable bonds is 2. The first-order valence-corrected chi connectivity index (χ1v) is 5.99. The third kappa shape index (κ3) is 2.10. The third-order valence-corrected chi connectivity index (χ3v) is 3.73. The highest BCUT2D eigenvalue weighted by Crippen LogP contribution is 2.42. The van der Waals surface area contributed by atoms with Crippen LogP contribution in [0.4, 0.5) is 0 Å². The summed E-state index contributed by atoms with van der Waals surface area (Å²) in [5.74, 6) is 1.23. The fraction of sp³-hybridized carbons (Fsp3) is 0.429. The number of hydrogen-bond acceptors (Lipinski definition) is 0. The second-order valence-corrected chi connectivity index (χ2v) is 4.83. The fourth-order valence-electron chi connectivity index (χ4n) is 2.52. The van der Waals surface area contributed by atoms with E-state index in [9.17, 15) is 0 Å². The van der Waals surface area contributed by atoms with E-state index in [-0.39, 0.29) is 0 Å². The Morgan fingerprint density at radius 2 is 2.33 bits per heavy atom. The molecule has 80 valence electrons. The van der Waals surface area contributed by atoms with Crippen molar-refractivity contribution in [2.75, 3.05) is 0 Å². The molecule has 0 aliphatic heterocycles. The molecule has 0 heterocycles. The van der Waals surface area contributed by atoms with Gasteiger partial charge in [0, 0.05) is 5.03 Å². The van der Waals surface area contributed by atoms with Gasteiger partial charge in [-0.15, -0.1) is 6.58 Å². The normalized spacial score (nSPS) is 27.1. The van der Waals surface area contributed by atoms with Crippen LogP contribution in [0.15, 0.2) is 47.1 Å². The molecule has 2 aliphatic rings. The standard InChI is InChI=1S/C14H17Cl/c1-3-10(2)13-8-7-11-9-12(15)5-4-6-14(11)13/h3,5-6,9-10,13H,1,4,7-8H2,2H3/t10?,13-/m1/s1. The highest BCUT2D eigenvalue weighted by Gasteiger charge is 2.28. The van der Waals surface area contributed by atoms with Gasteiger partial charge in [-0.05, 0) is 48.3 Å². The summed E-state index contributed by atoms with van der Waals surface area (Å²) >= 11 is 6.08. The minimum atomic E-state index is 0.569. The maximum Gasteiger partial charge on any atom is 0.0372 e. The van der Waals surface area contributed by atoms with Crippen LogP contribution >= 0.6 is 11.6 Å². The summed E-state index contributed by atoms with van der Waals surface area (Å²) in [6.07, 6.45) is 12.0. The van der Waals surface area contributed by atoms with Gasteiger partial charge in [0.2, 0.25) is 0 Å². The maximum atomic E-state index is 6.08. The van der Waals surface area contributed by atoms with E-state index < -0.39 is 0 Å². The summed E-state index contributed by atoms with van der Waals surface area (Å²) in [7, 11) is 0. The Hall–Kier alpha value is -0.750. The number of allylic oxidation sites excluding steroid dienone is 7. The van der Waals surface area contributed by atoms with E-state index in [1.807, 2.05) is 0 Å². The third-order valence-electron chi connectivity index (χ3n) is 3.46. The van der Waals surface area contributed by atoms with Crippen molar-refractivity contribution in [1.82, 2.24) is 0 Å². The van der Waals surface area contributed by atoms with Crippen molar-refractivity contribution in [3.63, 3.8) is 0 Å². The second kappa shape index (κ2) is 4.40. The van der Waals surface area contributed by atoms with E-state index in [1.165, 1.54) is 24.0 Å². The fourth-order valence-corrected chi connectivity index (χ4v) is 2.74. The lowest BCUT2D eigenvalue weighted by atomic mass is 9.88. The molecular formula is C14H17Cl. The van der Waals surface area contributed by atoms with Gasteiger partial charge in [0.15, 0.2) is 0 Å². The average Bonchev–Trinajstić information content (AvgIpc) is 2.52. The van der Waals surface area contributed by atoms with Crippen molar-refractivity contribution >= 4 is 11.6 Å². The highest BCUT2D eigenvalue weighted by molar-refractivity contribution is 6.31. The molecule has 1 heteroatoms. The lowest BCUT2D eigenvalue weighted by Crippen LogP contribution is -2.07. The van der Waals surface area contributed by atoms with E-state index in [1.54, 1.807) is 0 Å². The Morgan fingerprint density at radius 1 is 1.53 bits per heavy atom. The smallest absolute Gasteiger partial charge is 0.0372 e. The molecule has 0 amide bonds. The maximum absolute atomic E-state index is 6.08. The van der Waals surface area contributed by atoms with Gasteiger partial charge < -0.3 is 0 Å². The van der Waals surface area contributed by atoms with Crippen molar-refractivity contribution in [3.05, 3.63) is 47.1 Å². The molecule has 0 bridgehead atoms. The van der Waals surface area contributed by atoms with Crippen LogP contribution in [0.3, 0.4) is 0 Å². The molecule has 1 unspecified atom stereocenters. The Kier molecular flexibility index (Phi) is 3.16. The topological polar surface area (TPSA) is 0 Å². The average molecular weight is 221 g/mol. The van der Waals surface area contributed by atoms with Gasteiger partial charge in [0.1, 0.15) is 0 Å².